The second-order valence-corrected chi connectivity index (χ2v) is 9.92. The molecule has 0 aliphatic carbocycles. The van der Waals surface area contributed by atoms with Crippen molar-refractivity contribution in [3.63, 3.8) is 0 Å². The summed E-state index contributed by atoms with van der Waals surface area (Å²) >= 11 is 0. The molecule has 3 aromatic carbocycles. The number of amides is 2. The highest BCUT2D eigenvalue weighted by atomic mass is 16.6. The fourth-order valence-corrected chi connectivity index (χ4v) is 3.95. The third-order valence-corrected chi connectivity index (χ3v) is 5.75. The van der Waals surface area contributed by atoms with Crippen molar-refractivity contribution in [2.24, 2.45) is 0 Å². The minimum absolute atomic E-state index is 0.0754. The normalized spacial score (nSPS) is 11.1. The molecule has 0 saturated carbocycles. The first kappa shape index (κ1) is 26.7. The van der Waals surface area contributed by atoms with E-state index in [2.05, 4.69) is 10.3 Å². The first-order valence-corrected chi connectivity index (χ1v) is 12.7. The monoisotopic (exact) mass is 511 g/mol. The number of carbonyl (C=O) groups excluding carboxylic acids is 2. The van der Waals surface area contributed by atoms with E-state index in [9.17, 15) is 9.59 Å². The second-order valence-electron chi connectivity index (χ2n) is 9.92. The molecule has 0 aliphatic rings. The first-order valence-electron chi connectivity index (χ1n) is 12.7. The summed E-state index contributed by atoms with van der Waals surface area (Å²) in [5.74, 6) is 0.340. The summed E-state index contributed by atoms with van der Waals surface area (Å²) < 4.78 is 11.8. The summed E-state index contributed by atoms with van der Waals surface area (Å²) in [6.45, 7) is 6.01. The van der Waals surface area contributed by atoms with Crippen LogP contribution < -0.4 is 15.0 Å². The molecule has 38 heavy (non-hydrogen) atoms. The number of pyridine rings is 1. The van der Waals surface area contributed by atoms with Gasteiger partial charge in [0.05, 0.1) is 12.3 Å². The Bertz CT molecular complexity index is 1380. The Kier molecular flexibility index (Phi) is 8.58. The topological polar surface area (TPSA) is 80.8 Å². The number of anilines is 2. The molecule has 0 radical (unpaired) electrons. The number of para-hydroxylation sites is 2. The third kappa shape index (κ3) is 7.56. The van der Waals surface area contributed by atoms with Crippen LogP contribution in [0.4, 0.5) is 16.2 Å². The Morgan fingerprint density at radius 1 is 0.921 bits per heavy atom. The number of aromatic nitrogens is 1. The van der Waals surface area contributed by atoms with Crippen LogP contribution in [0.5, 0.6) is 5.75 Å². The molecule has 0 unspecified atom stereocenters. The van der Waals surface area contributed by atoms with Gasteiger partial charge in [0.2, 0.25) is 5.91 Å². The maximum absolute atomic E-state index is 13.2. The summed E-state index contributed by atoms with van der Waals surface area (Å²) in [6.07, 6.45) is 3.76. The number of hydrogen-bond acceptors (Lipinski definition) is 5. The highest BCUT2D eigenvalue weighted by molar-refractivity contribution is 5.96. The summed E-state index contributed by atoms with van der Waals surface area (Å²) in [5, 5.41) is 4.90. The standard InChI is InChI=1S/C31H33N3O4/c1-31(2,3)38-30(36)34(19-16-29(35)33-26-14-13-25-22-32-18-15-24(25)21-26)27-11-7-8-12-28(27)37-20-17-23-9-5-4-6-10-23/h4-15,18,21-22H,16-17,19-20H2,1-3H3,(H,33,35). The van der Waals surface area contributed by atoms with Gasteiger partial charge in [0, 0.05) is 42.9 Å². The molecule has 4 aromatic rings. The smallest absolute Gasteiger partial charge is 0.414 e. The summed E-state index contributed by atoms with van der Waals surface area (Å²) in [6, 6.07) is 24.9. The van der Waals surface area contributed by atoms with E-state index in [0.717, 1.165) is 22.8 Å². The predicted octanol–water partition coefficient (Wildman–Crippen LogP) is 6.63. The first-order chi connectivity index (χ1) is 18.3. The Labute approximate surface area is 223 Å². The Morgan fingerprint density at radius 2 is 1.68 bits per heavy atom. The molecular weight excluding hydrogens is 478 g/mol. The van der Waals surface area contributed by atoms with Gasteiger partial charge in [-0.2, -0.15) is 0 Å². The van der Waals surface area contributed by atoms with Gasteiger partial charge in [-0.05, 0) is 62.1 Å². The highest BCUT2D eigenvalue weighted by Crippen LogP contribution is 2.30. The van der Waals surface area contributed by atoms with Crippen LogP contribution in [0.15, 0.2) is 91.3 Å². The molecule has 1 N–H and O–H groups in total. The number of hydrogen-bond donors (Lipinski definition) is 1. The van der Waals surface area contributed by atoms with Gasteiger partial charge >= 0.3 is 6.09 Å². The Balaban J connectivity index is 1.47. The van der Waals surface area contributed by atoms with E-state index >= 15 is 0 Å². The summed E-state index contributed by atoms with van der Waals surface area (Å²) in [7, 11) is 0. The van der Waals surface area contributed by atoms with Gasteiger partial charge in [-0.15, -0.1) is 0 Å². The van der Waals surface area contributed by atoms with Gasteiger partial charge in [0.25, 0.3) is 0 Å². The van der Waals surface area contributed by atoms with Crippen LogP contribution in [0.3, 0.4) is 0 Å². The zero-order chi connectivity index (χ0) is 27.0. The highest BCUT2D eigenvalue weighted by Gasteiger charge is 2.26. The van der Waals surface area contributed by atoms with Gasteiger partial charge in [-0.3, -0.25) is 14.7 Å². The molecular formula is C31H33N3O4. The Morgan fingerprint density at radius 3 is 2.47 bits per heavy atom. The summed E-state index contributed by atoms with van der Waals surface area (Å²) in [5.41, 5.74) is 1.71. The minimum atomic E-state index is -0.694. The second kappa shape index (κ2) is 12.2. The molecule has 4 rings (SSSR count). The van der Waals surface area contributed by atoms with E-state index in [0.29, 0.717) is 23.7 Å². The lowest BCUT2D eigenvalue weighted by Crippen LogP contribution is -2.38. The van der Waals surface area contributed by atoms with Crippen LogP contribution in [0, 0.1) is 0 Å². The fourth-order valence-electron chi connectivity index (χ4n) is 3.95. The van der Waals surface area contributed by atoms with Gasteiger partial charge in [0.1, 0.15) is 11.4 Å². The number of rotatable bonds is 9. The van der Waals surface area contributed by atoms with E-state index in [1.807, 2.05) is 93.6 Å². The maximum Gasteiger partial charge on any atom is 0.414 e. The fraction of sp³-hybridized carbons (Fsp3) is 0.258. The molecule has 0 spiro atoms. The number of ether oxygens (including phenoxy) is 2. The number of fused-ring (bicyclic) bond motifs is 1. The van der Waals surface area contributed by atoms with Crippen molar-refractivity contribution < 1.29 is 19.1 Å². The van der Waals surface area contributed by atoms with Gasteiger partial charge in [0.15, 0.2) is 0 Å². The van der Waals surface area contributed by atoms with Gasteiger partial charge < -0.3 is 14.8 Å². The average molecular weight is 512 g/mol. The van der Waals surface area contributed by atoms with Crippen molar-refractivity contribution in [1.29, 1.82) is 0 Å². The van der Waals surface area contributed by atoms with Crippen LogP contribution in [0.2, 0.25) is 0 Å². The van der Waals surface area contributed by atoms with Crippen molar-refractivity contribution >= 4 is 34.1 Å². The van der Waals surface area contributed by atoms with Crippen LogP contribution in [-0.4, -0.2) is 35.7 Å². The quantitative estimate of drug-likeness (QED) is 0.273. The molecule has 7 heteroatoms. The van der Waals surface area contributed by atoms with Gasteiger partial charge in [-0.25, -0.2) is 4.79 Å². The van der Waals surface area contributed by atoms with Crippen molar-refractivity contribution in [2.75, 3.05) is 23.4 Å². The van der Waals surface area contributed by atoms with Crippen molar-refractivity contribution in [2.45, 2.75) is 39.2 Å². The lowest BCUT2D eigenvalue weighted by Gasteiger charge is -2.28. The van der Waals surface area contributed by atoms with Crippen LogP contribution >= 0.6 is 0 Å². The largest absolute Gasteiger partial charge is 0.491 e. The average Bonchev–Trinajstić information content (AvgIpc) is 2.89. The van der Waals surface area contributed by atoms with E-state index in [1.165, 1.54) is 4.90 Å². The van der Waals surface area contributed by atoms with Crippen molar-refractivity contribution in [3.8, 4) is 5.75 Å². The number of nitrogens with zero attached hydrogens (tertiary/aromatic N) is 2. The molecule has 2 amide bonds. The third-order valence-electron chi connectivity index (χ3n) is 5.75. The minimum Gasteiger partial charge on any atom is -0.491 e. The van der Waals surface area contributed by atoms with Crippen molar-refractivity contribution in [1.82, 2.24) is 4.98 Å². The SMILES string of the molecule is CC(C)(C)OC(=O)N(CCC(=O)Nc1ccc2cnccc2c1)c1ccccc1OCCc1ccccc1. The zero-order valence-corrected chi connectivity index (χ0v) is 22.0. The summed E-state index contributed by atoms with van der Waals surface area (Å²) in [4.78, 5) is 31.7. The van der Waals surface area contributed by atoms with Gasteiger partial charge in [-0.1, -0.05) is 48.5 Å². The maximum atomic E-state index is 13.2. The lowest BCUT2D eigenvalue weighted by molar-refractivity contribution is -0.116. The molecule has 0 aliphatic heterocycles. The van der Waals surface area contributed by atoms with Crippen LogP contribution in [0.25, 0.3) is 10.8 Å². The molecule has 0 fully saturated rings. The molecule has 0 bridgehead atoms. The predicted molar refractivity (Wildman–Crippen MR) is 151 cm³/mol. The molecule has 196 valence electrons. The van der Waals surface area contributed by atoms with E-state index in [-0.39, 0.29) is 18.9 Å². The van der Waals surface area contributed by atoms with Crippen LogP contribution in [0.1, 0.15) is 32.8 Å². The molecule has 0 saturated heterocycles. The molecule has 0 atom stereocenters. The van der Waals surface area contributed by atoms with E-state index in [4.69, 9.17) is 9.47 Å². The van der Waals surface area contributed by atoms with Crippen LogP contribution in [-0.2, 0) is 16.0 Å². The van der Waals surface area contributed by atoms with E-state index in [1.54, 1.807) is 18.5 Å². The molecule has 7 nitrogen and oxygen atoms in total. The van der Waals surface area contributed by atoms with Crippen molar-refractivity contribution in [3.05, 3.63) is 96.8 Å². The number of benzene rings is 3. The number of carbonyl (C=O) groups is 2. The zero-order valence-electron chi connectivity index (χ0n) is 22.0. The molecule has 1 heterocycles. The van der Waals surface area contributed by atoms with E-state index < -0.39 is 11.7 Å². The molecule has 1 aromatic heterocycles. The lowest BCUT2D eigenvalue weighted by atomic mass is 10.1. The Hall–Kier alpha value is -4.39. The number of nitrogens with one attached hydrogen (secondary N) is 1.